The van der Waals surface area contributed by atoms with Crippen molar-refractivity contribution in [3.63, 3.8) is 0 Å². The molecule has 0 aliphatic carbocycles. The minimum atomic E-state index is -0.279. The smallest absolute Gasteiger partial charge is 0.263 e. The number of benzene rings is 2. The molecule has 0 unspecified atom stereocenters. The van der Waals surface area contributed by atoms with Crippen molar-refractivity contribution in [2.75, 3.05) is 18.5 Å². The molecule has 2 N–H and O–H groups in total. The summed E-state index contributed by atoms with van der Waals surface area (Å²) < 4.78 is 11.2. The summed E-state index contributed by atoms with van der Waals surface area (Å²) in [7, 11) is 0. The van der Waals surface area contributed by atoms with Crippen LogP contribution in [-0.2, 0) is 10.2 Å². The van der Waals surface area contributed by atoms with Crippen molar-refractivity contribution in [1.29, 1.82) is 0 Å². The molecule has 0 saturated carbocycles. The summed E-state index contributed by atoms with van der Waals surface area (Å²) in [6, 6.07) is 13.3. The van der Waals surface area contributed by atoms with E-state index >= 15 is 0 Å². The van der Waals surface area contributed by atoms with Gasteiger partial charge in [-0.05, 0) is 35.2 Å². The topological polar surface area (TPSA) is 76.2 Å². The summed E-state index contributed by atoms with van der Waals surface area (Å²) in [5, 5.41) is 10.7. The summed E-state index contributed by atoms with van der Waals surface area (Å²) in [6.45, 7) is 8.69. The predicted molar refractivity (Wildman–Crippen MR) is 119 cm³/mol. The Hall–Kier alpha value is -3.46. The number of ether oxygens (including phenoxy) is 2. The van der Waals surface area contributed by atoms with Crippen molar-refractivity contribution in [2.24, 2.45) is 0 Å². The van der Waals surface area contributed by atoms with Crippen molar-refractivity contribution in [1.82, 2.24) is 10.2 Å². The first kappa shape index (κ1) is 21.3. The summed E-state index contributed by atoms with van der Waals surface area (Å²) in [5.41, 5.74) is 2.05. The molecular weight excluding hydrogens is 378 g/mol. The molecule has 0 bridgehead atoms. The number of nitrogens with one attached hydrogen (secondary N) is 2. The maximum Gasteiger partial charge on any atom is 0.263 e. The van der Waals surface area contributed by atoms with Crippen LogP contribution in [-0.4, -0.2) is 29.3 Å². The molecule has 2 aromatic carbocycles. The van der Waals surface area contributed by atoms with Crippen LogP contribution in [0.15, 0.2) is 42.5 Å². The Balaban J connectivity index is 1.57. The fraction of sp³-hybridized carbons (Fsp3) is 0.333. The first-order valence-corrected chi connectivity index (χ1v) is 9.96. The monoisotopic (exact) mass is 405 g/mol. The van der Waals surface area contributed by atoms with E-state index in [1.54, 1.807) is 0 Å². The van der Waals surface area contributed by atoms with Gasteiger partial charge in [0.25, 0.3) is 5.91 Å². The molecule has 6 nitrogen and oxygen atoms in total. The number of carbonyl (C=O) groups excluding carboxylic acids is 1. The zero-order valence-corrected chi connectivity index (χ0v) is 17.8. The number of amides is 1. The SMILES string of the molecule is CCC#CCOc1ccc2c(NC(=O)COc3ccc(C(C)(C)C)cc3)n[nH]c2c1. The van der Waals surface area contributed by atoms with Gasteiger partial charge in [0.15, 0.2) is 12.4 Å². The van der Waals surface area contributed by atoms with Gasteiger partial charge in [-0.15, -0.1) is 5.92 Å². The van der Waals surface area contributed by atoms with Crippen LogP contribution in [0.5, 0.6) is 11.5 Å². The molecule has 1 heterocycles. The van der Waals surface area contributed by atoms with E-state index in [4.69, 9.17) is 9.47 Å². The molecular formula is C24H27N3O3. The number of aromatic amines is 1. The minimum Gasteiger partial charge on any atom is -0.484 e. The van der Waals surface area contributed by atoms with Crippen molar-refractivity contribution >= 4 is 22.6 Å². The molecule has 156 valence electrons. The molecule has 0 atom stereocenters. The number of H-pyrrole nitrogens is 1. The van der Waals surface area contributed by atoms with Gasteiger partial charge in [0.1, 0.15) is 18.1 Å². The van der Waals surface area contributed by atoms with E-state index in [0.29, 0.717) is 23.9 Å². The van der Waals surface area contributed by atoms with Gasteiger partial charge >= 0.3 is 0 Å². The maximum atomic E-state index is 12.3. The van der Waals surface area contributed by atoms with Crippen molar-refractivity contribution in [3.8, 4) is 23.3 Å². The lowest BCUT2D eigenvalue weighted by molar-refractivity contribution is -0.118. The quantitative estimate of drug-likeness (QED) is 0.584. The van der Waals surface area contributed by atoms with Crippen LogP contribution in [0, 0.1) is 11.8 Å². The fourth-order valence-electron chi connectivity index (χ4n) is 2.85. The van der Waals surface area contributed by atoms with E-state index in [-0.39, 0.29) is 17.9 Å². The van der Waals surface area contributed by atoms with E-state index < -0.39 is 0 Å². The number of rotatable bonds is 6. The normalized spacial score (nSPS) is 10.9. The van der Waals surface area contributed by atoms with Crippen LogP contribution >= 0.6 is 0 Å². The van der Waals surface area contributed by atoms with Gasteiger partial charge in [0.2, 0.25) is 0 Å². The van der Waals surface area contributed by atoms with Gasteiger partial charge < -0.3 is 14.8 Å². The van der Waals surface area contributed by atoms with Gasteiger partial charge in [0.05, 0.1) is 5.52 Å². The van der Waals surface area contributed by atoms with Crippen molar-refractivity contribution < 1.29 is 14.3 Å². The number of carbonyl (C=O) groups is 1. The molecule has 6 heteroatoms. The Kier molecular flexibility index (Phi) is 6.63. The largest absolute Gasteiger partial charge is 0.484 e. The Bertz CT molecular complexity index is 1070. The third kappa shape index (κ3) is 5.54. The van der Waals surface area contributed by atoms with Crippen molar-refractivity contribution in [3.05, 3.63) is 48.0 Å². The van der Waals surface area contributed by atoms with E-state index in [0.717, 1.165) is 17.3 Å². The lowest BCUT2D eigenvalue weighted by Gasteiger charge is -2.19. The highest BCUT2D eigenvalue weighted by atomic mass is 16.5. The van der Waals surface area contributed by atoms with Crippen LogP contribution < -0.4 is 14.8 Å². The predicted octanol–water partition coefficient (Wildman–Crippen LogP) is 4.67. The lowest BCUT2D eigenvalue weighted by atomic mass is 9.87. The highest BCUT2D eigenvalue weighted by Crippen LogP contribution is 2.26. The Morgan fingerprint density at radius 2 is 1.80 bits per heavy atom. The first-order valence-electron chi connectivity index (χ1n) is 9.96. The average Bonchev–Trinajstić information content (AvgIpc) is 3.11. The average molecular weight is 405 g/mol. The molecule has 0 saturated heterocycles. The number of anilines is 1. The number of fused-ring (bicyclic) bond motifs is 1. The molecule has 30 heavy (non-hydrogen) atoms. The first-order chi connectivity index (χ1) is 14.4. The van der Waals surface area contributed by atoms with Gasteiger partial charge in [-0.2, -0.15) is 5.10 Å². The molecule has 0 radical (unpaired) electrons. The Morgan fingerprint density at radius 1 is 1.07 bits per heavy atom. The second kappa shape index (κ2) is 9.36. The molecule has 0 spiro atoms. The summed E-state index contributed by atoms with van der Waals surface area (Å²) in [5.74, 6) is 7.41. The fourth-order valence-corrected chi connectivity index (χ4v) is 2.85. The van der Waals surface area contributed by atoms with Crippen LogP contribution in [0.3, 0.4) is 0 Å². The van der Waals surface area contributed by atoms with Gasteiger partial charge in [-0.3, -0.25) is 9.89 Å². The van der Waals surface area contributed by atoms with Crippen LogP contribution in [0.4, 0.5) is 5.82 Å². The van der Waals surface area contributed by atoms with E-state index in [1.807, 2.05) is 49.4 Å². The standard InChI is InChI=1S/C24H27N3O3/c1-5-6-7-14-29-19-12-13-20-21(15-19)26-27-23(20)25-22(28)16-30-18-10-8-17(9-11-18)24(2,3)4/h8-13,15H,5,14,16H2,1-4H3,(H2,25,26,27,28). The van der Waals surface area contributed by atoms with Crippen LogP contribution in [0.1, 0.15) is 39.7 Å². The van der Waals surface area contributed by atoms with Crippen LogP contribution in [0.25, 0.3) is 10.9 Å². The van der Waals surface area contributed by atoms with Crippen molar-refractivity contribution in [2.45, 2.75) is 39.5 Å². The summed E-state index contributed by atoms with van der Waals surface area (Å²) >= 11 is 0. The van der Waals surface area contributed by atoms with Crippen LogP contribution in [0.2, 0.25) is 0 Å². The third-order valence-electron chi connectivity index (χ3n) is 4.50. The molecule has 0 aliphatic heterocycles. The zero-order chi connectivity index (χ0) is 21.6. The Labute approximate surface area is 177 Å². The van der Waals surface area contributed by atoms with E-state index in [1.165, 1.54) is 5.56 Å². The second-order valence-electron chi connectivity index (χ2n) is 7.89. The third-order valence-corrected chi connectivity index (χ3v) is 4.50. The lowest BCUT2D eigenvalue weighted by Crippen LogP contribution is -2.20. The molecule has 1 aromatic heterocycles. The number of hydrogen-bond donors (Lipinski definition) is 2. The number of hydrogen-bond acceptors (Lipinski definition) is 4. The highest BCUT2D eigenvalue weighted by molar-refractivity contribution is 6.00. The zero-order valence-electron chi connectivity index (χ0n) is 17.8. The number of nitrogens with zero attached hydrogens (tertiary/aromatic N) is 1. The molecule has 3 rings (SSSR count). The number of aromatic nitrogens is 2. The molecule has 0 aliphatic rings. The van der Waals surface area contributed by atoms with Gasteiger partial charge in [0, 0.05) is 17.9 Å². The minimum absolute atomic E-state index is 0.0741. The maximum absolute atomic E-state index is 12.3. The molecule has 1 amide bonds. The van der Waals surface area contributed by atoms with Gasteiger partial charge in [-0.1, -0.05) is 45.7 Å². The Morgan fingerprint density at radius 3 is 2.50 bits per heavy atom. The highest BCUT2D eigenvalue weighted by Gasteiger charge is 2.14. The second-order valence-corrected chi connectivity index (χ2v) is 7.89. The van der Waals surface area contributed by atoms with Gasteiger partial charge in [-0.25, -0.2) is 0 Å². The van der Waals surface area contributed by atoms with E-state index in [2.05, 4.69) is 48.1 Å². The summed E-state index contributed by atoms with van der Waals surface area (Å²) in [6.07, 6.45) is 0.804. The molecule has 3 aromatic rings. The van der Waals surface area contributed by atoms with E-state index in [9.17, 15) is 4.79 Å². The summed E-state index contributed by atoms with van der Waals surface area (Å²) in [4.78, 5) is 12.3. The molecule has 0 fully saturated rings.